The summed E-state index contributed by atoms with van der Waals surface area (Å²) in [5.74, 6) is 0. The van der Waals surface area contributed by atoms with Crippen molar-refractivity contribution in [1.82, 2.24) is 4.31 Å². The first-order valence-corrected chi connectivity index (χ1v) is 9.50. The van der Waals surface area contributed by atoms with Gasteiger partial charge in [-0.15, -0.1) is 0 Å². The van der Waals surface area contributed by atoms with Crippen LogP contribution in [0.15, 0.2) is 35.2 Å². The van der Waals surface area contributed by atoms with Gasteiger partial charge in [0.05, 0.1) is 4.90 Å². The molecule has 0 amide bonds. The van der Waals surface area contributed by atoms with E-state index in [2.05, 4.69) is 31.9 Å². The second-order valence-corrected chi connectivity index (χ2v) is 7.48. The van der Waals surface area contributed by atoms with Gasteiger partial charge in [0, 0.05) is 22.7 Å². The molecular weight excluding hydrogens is 382 g/mol. The molecule has 2 atom stereocenters. The molecule has 0 spiro atoms. The molecule has 1 aliphatic rings. The van der Waals surface area contributed by atoms with Crippen LogP contribution in [0.4, 0.5) is 0 Å². The third kappa shape index (κ3) is 2.66. The molecule has 0 N–H and O–H groups in total. The highest BCUT2D eigenvalue weighted by Gasteiger charge is 2.40. The minimum atomic E-state index is -3.39. The summed E-state index contributed by atoms with van der Waals surface area (Å²) in [5.41, 5.74) is 0. The van der Waals surface area contributed by atoms with Crippen LogP contribution in [0.2, 0.25) is 0 Å². The maximum atomic E-state index is 12.7. The van der Waals surface area contributed by atoms with Crippen molar-refractivity contribution in [3.8, 4) is 0 Å². The Balaban J connectivity index is 2.39. The van der Waals surface area contributed by atoms with E-state index in [9.17, 15) is 8.42 Å². The van der Waals surface area contributed by atoms with Crippen LogP contribution in [0.25, 0.3) is 0 Å². The number of sulfonamides is 1. The molecule has 0 unspecified atom stereocenters. The highest BCUT2D eigenvalue weighted by molar-refractivity contribution is 9.09. The van der Waals surface area contributed by atoms with Crippen molar-refractivity contribution in [2.24, 2.45) is 0 Å². The highest BCUT2D eigenvalue weighted by Crippen LogP contribution is 2.32. The summed E-state index contributed by atoms with van der Waals surface area (Å²) in [6.45, 7) is 0. The average Bonchev–Trinajstić information content (AvgIpc) is 2.83. The summed E-state index contributed by atoms with van der Waals surface area (Å²) < 4.78 is 27.0. The van der Waals surface area contributed by atoms with Crippen molar-refractivity contribution in [3.05, 3.63) is 30.3 Å². The number of alkyl halides is 2. The maximum Gasteiger partial charge on any atom is 0.243 e. The van der Waals surface area contributed by atoms with Gasteiger partial charge in [0.25, 0.3) is 0 Å². The first-order chi connectivity index (χ1) is 8.61. The van der Waals surface area contributed by atoms with Crippen LogP contribution in [0.5, 0.6) is 0 Å². The van der Waals surface area contributed by atoms with Crippen molar-refractivity contribution >= 4 is 41.9 Å². The van der Waals surface area contributed by atoms with E-state index in [1.165, 1.54) is 0 Å². The topological polar surface area (TPSA) is 37.4 Å². The minimum absolute atomic E-state index is 0.0535. The van der Waals surface area contributed by atoms with Gasteiger partial charge in [0.15, 0.2) is 0 Å². The lowest BCUT2D eigenvalue weighted by Gasteiger charge is -2.27. The summed E-state index contributed by atoms with van der Waals surface area (Å²) in [6, 6.07) is 8.77. The fourth-order valence-electron chi connectivity index (χ4n) is 2.33. The molecule has 6 heteroatoms. The lowest BCUT2D eigenvalue weighted by atomic mass is 10.2. The lowest BCUT2D eigenvalue weighted by molar-refractivity contribution is 0.359. The first kappa shape index (κ1) is 14.5. The molecule has 0 aliphatic carbocycles. The largest absolute Gasteiger partial charge is 0.243 e. The van der Waals surface area contributed by atoms with Gasteiger partial charge in [-0.3, -0.25) is 0 Å². The maximum absolute atomic E-state index is 12.7. The molecule has 1 fully saturated rings. The molecule has 1 aromatic carbocycles. The van der Waals surface area contributed by atoms with Gasteiger partial charge in [-0.25, -0.2) is 8.42 Å². The van der Waals surface area contributed by atoms with E-state index in [1.54, 1.807) is 28.6 Å². The molecule has 18 heavy (non-hydrogen) atoms. The zero-order chi connectivity index (χ0) is 13.2. The number of hydrogen-bond donors (Lipinski definition) is 0. The fraction of sp³-hybridized carbons (Fsp3) is 0.500. The normalized spacial score (nSPS) is 25.4. The van der Waals surface area contributed by atoms with Crippen molar-refractivity contribution in [1.29, 1.82) is 0 Å². The monoisotopic (exact) mass is 395 g/mol. The Bertz CT molecular complexity index is 480. The van der Waals surface area contributed by atoms with E-state index in [0.717, 1.165) is 12.8 Å². The second-order valence-electron chi connectivity index (χ2n) is 4.34. The predicted molar refractivity (Wildman–Crippen MR) is 79.9 cm³/mol. The first-order valence-electron chi connectivity index (χ1n) is 5.81. The van der Waals surface area contributed by atoms with Crippen LogP contribution in [-0.4, -0.2) is 35.5 Å². The summed E-state index contributed by atoms with van der Waals surface area (Å²) in [4.78, 5) is 0.379. The predicted octanol–water partition coefficient (Wildman–Crippen LogP) is 3.00. The van der Waals surface area contributed by atoms with E-state index in [4.69, 9.17) is 0 Å². The quantitative estimate of drug-likeness (QED) is 0.733. The van der Waals surface area contributed by atoms with E-state index in [1.807, 2.05) is 6.07 Å². The number of halogens is 2. The molecule has 0 saturated carbocycles. The van der Waals surface area contributed by atoms with Crippen LogP contribution in [0.1, 0.15) is 12.8 Å². The highest BCUT2D eigenvalue weighted by atomic mass is 79.9. The van der Waals surface area contributed by atoms with Crippen molar-refractivity contribution < 1.29 is 8.42 Å². The average molecular weight is 397 g/mol. The Kier molecular flexibility index (Phi) is 4.86. The van der Waals surface area contributed by atoms with Gasteiger partial charge in [-0.2, -0.15) is 4.31 Å². The molecule has 1 saturated heterocycles. The molecule has 1 aliphatic heterocycles. The number of hydrogen-bond acceptors (Lipinski definition) is 2. The van der Waals surface area contributed by atoms with Crippen molar-refractivity contribution in [3.63, 3.8) is 0 Å². The second kappa shape index (κ2) is 6.03. The standard InChI is InChI=1S/C12H15Br2NO2S/c13-8-10-6-7-11(9-14)15(10)18(16,17)12-4-2-1-3-5-12/h1-5,10-11H,6-9H2/t10-,11+. The molecule has 2 rings (SSSR count). The smallest absolute Gasteiger partial charge is 0.207 e. The van der Waals surface area contributed by atoms with Crippen LogP contribution in [0, 0.1) is 0 Å². The molecule has 0 aromatic heterocycles. The van der Waals surface area contributed by atoms with Gasteiger partial charge in [-0.05, 0) is 25.0 Å². The van der Waals surface area contributed by atoms with E-state index in [-0.39, 0.29) is 12.1 Å². The van der Waals surface area contributed by atoms with E-state index in [0.29, 0.717) is 15.6 Å². The molecule has 3 nitrogen and oxygen atoms in total. The van der Waals surface area contributed by atoms with E-state index < -0.39 is 10.0 Å². The number of benzene rings is 1. The zero-order valence-corrected chi connectivity index (χ0v) is 13.8. The van der Waals surface area contributed by atoms with Crippen molar-refractivity contribution in [2.75, 3.05) is 10.7 Å². The van der Waals surface area contributed by atoms with Crippen LogP contribution in [0.3, 0.4) is 0 Å². The summed E-state index contributed by atoms with van der Waals surface area (Å²) in [5, 5.41) is 1.37. The molecule has 100 valence electrons. The fourth-order valence-corrected chi connectivity index (χ4v) is 5.88. The molecule has 0 radical (unpaired) electrons. The zero-order valence-electron chi connectivity index (χ0n) is 9.80. The Labute approximate surface area is 125 Å². The van der Waals surface area contributed by atoms with Crippen molar-refractivity contribution in [2.45, 2.75) is 29.8 Å². The molecular formula is C12H15Br2NO2S. The Morgan fingerprint density at radius 1 is 1.06 bits per heavy atom. The minimum Gasteiger partial charge on any atom is -0.207 e. The summed E-state index contributed by atoms with van der Waals surface area (Å²) in [6.07, 6.45) is 1.82. The SMILES string of the molecule is O=S(=O)(c1ccccc1)N1[C@H](CBr)CC[C@@H]1CBr. The van der Waals surface area contributed by atoms with Crippen LogP contribution < -0.4 is 0 Å². The van der Waals surface area contributed by atoms with Gasteiger partial charge in [0.1, 0.15) is 0 Å². The molecule has 1 heterocycles. The number of nitrogens with zero attached hydrogens (tertiary/aromatic N) is 1. The molecule has 0 bridgehead atoms. The molecule has 1 aromatic rings. The third-order valence-corrected chi connectivity index (χ3v) is 6.74. The Morgan fingerprint density at radius 2 is 1.56 bits per heavy atom. The Morgan fingerprint density at radius 3 is 2.00 bits per heavy atom. The van der Waals surface area contributed by atoms with Crippen LogP contribution >= 0.6 is 31.9 Å². The number of rotatable bonds is 4. The van der Waals surface area contributed by atoms with Gasteiger partial charge < -0.3 is 0 Å². The van der Waals surface area contributed by atoms with Gasteiger partial charge >= 0.3 is 0 Å². The van der Waals surface area contributed by atoms with Gasteiger partial charge in [-0.1, -0.05) is 50.1 Å². The third-order valence-electron chi connectivity index (χ3n) is 3.23. The van der Waals surface area contributed by atoms with Gasteiger partial charge in [0.2, 0.25) is 10.0 Å². The summed E-state index contributed by atoms with van der Waals surface area (Å²) >= 11 is 6.83. The van der Waals surface area contributed by atoms with Crippen LogP contribution in [-0.2, 0) is 10.0 Å². The Hall–Kier alpha value is 0.0900. The summed E-state index contributed by atoms with van der Waals surface area (Å²) in [7, 11) is -3.39. The van der Waals surface area contributed by atoms with E-state index >= 15 is 0 Å². The lowest BCUT2D eigenvalue weighted by Crippen LogP contribution is -2.42.